The highest BCUT2D eigenvalue weighted by Crippen LogP contribution is 2.39. The van der Waals surface area contributed by atoms with E-state index in [9.17, 15) is 0 Å². The fourth-order valence-corrected chi connectivity index (χ4v) is 2.97. The Morgan fingerprint density at radius 2 is 1.80 bits per heavy atom. The van der Waals surface area contributed by atoms with E-state index < -0.39 is 0 Å². The summed E-state index contributed by atoms with van der Waals surface area (Å²) in [5.41, 5.74) is 9.95. The zero-order chi connectivity index (χ0) is 17.4. The number of hydrogen-bond donors (Lipinski definition) is 2. The monoisotopic (exact) mass is 395 g/mol. The molecule has 25 heavy (non-hydrogen) atoms. The van der Waals surface area contributed by atoms with Crippen LogP contribution in [0.15, 0.2) is 58.0 Å². The fourth-order valence-electron chi connectivity index (χ4n) is 2.71. The first kappa shape index (κ1) is 15.6. The molecule has 0 saturated heterocycles. The van der Waals surface area contributed by atoms with E-state index >= 15 is 0 Å². The van der Waals surface area contributed by atoms with Crippen molar-refractivity contribution >= 4 is 44.8 Å². The van der Waals surface area contributed by atoms with Crippen molar-refractivity contribution in [2.75, 3.05) is 18.2 Å². The lowest BCUT2D eigenvalue weighted by Gasteiger charge is -2.10. The largest absolute Gasteiger partial charge is 0.479 e. The molecule has 3 N–H and O–H groups in total. The molecule has 1 aliphatic rings. The van der Waals surface area contributed by atoms with Crippen LogP contribution < -0.4 is 15.8 Å². The molecule has 2 heterocycles. The van der Waals surface area contributed by atoms with Crippen LogP contribution in [0, 0.1) is 0 Å². The lowest BCUT2D eigenvalue weighted by Crippen LogP contribution is -2.04. The smallest absolute Gasteiger partial charge is 0.246 e. The number of nitrogens with two attached hydrogens (primary N) is 1. The zero-order valence-electron chi connectivity index (χ0n) is 13.3. The van der Waals surface area contributed by atoms with Crippen LogP contribution in [0.25, 0.3) is 0 Å². The van der Waals surface area contributed by atoms with Crippen LogP contribution in [-0.2, 0) is 0 Å². The van der Waals surface area contributed by atoms with Crippen LogP contribution in [0.4, 0.5) is 23.1 Å². The van der Waals surface area contributed by atoms with Crippen LogP contribution in [0.2, 0.25) is 0 Å². The number of rotatable bonds is 2. The maximum Gasteiger partial charge on any atom is 0.246 e. The molecule has 1 aliphatic heterocycles. The predicted octanol–water partition coefficient (Wildman–Crippen LogP) is 4.06. The lowest BCUT2D eigenvalue weighted by atomic mass is 10.0. The highest BCUT2D eigenvalue weighted by molar-refractivity contribution is 9.10. The van der Waals surface area contributed by atoms with Gasteiger partial charge in [0, 0.05) is 21.3 Å². The number of methoxy groups -OCH3 is 1. The summed E-state index contributed by atoms with van der Waals surface area (Å²) in [6.07, 6.45) is 0. The van der Waals surface area contributed by atoms with Gasteiger partial charge in [0.15, 0.2) is 11.5 Å². The van der Waals surface area contributed by atoms with Crippen molar-refractivity contribution in [3.8, 4) is 5.88 Å². The number of anilines is 3. The number of ether oxygens (including phenoxy) is 1. The molecule has 2 aromatic carbocycles. The zero-order valence-corrected chi connectivity index (χ0v) is 14.9. The number of fused-ring (bicyclic) bond motifs is 2. The van der Waals surface area contributed by atoms with Gasteiger partial charge < -0.3 is 15.8 Å². The highest BCUT2D eigenvalue weighted by atomic mass is 79.9. The van der Waals surface area contributed by atoms with E-state index in [1.54, 1.807) is 0 Å². The Labute approximate surface area is 152 Å². The maximum atomic E-state index is 5.80. The van der Waals surface area contributed by atoms with E-state index in [0.717, 1.165) is 27.0 Å². The molecule has 0 fully saturated rings. The summed E-state index contributed by atoms with van der Waals surface area (Å²) < 4.78 is 6.37. The molecule has 0 atom stereocenters. The third-order valence-corrected chi connectivity index (χ3v) is 4.37. The number of aromatic nitrogens is 2. The van der Waals surface area contributed by atoms with Crippen LogP contribution >= 0.6 is 15.9 Å². The third kappa shape index (κ3) is 2.83. The Bertz CT molecular complexity index is 985. The normalized spacial score (nSPS) is 12.3. The molecule has 3 aromatic rings. The molecular formula is C18H14BrN5O. The molecule has 6 nitrogen and oxygen atoms in total. The molecule has 0 aliphatic carbocycles. The SMILES string of the molecule is COc1nc(N)nc2c1N=C(c1ccc(Br)cc1)c1ccccc1N2. The lowest BCUT2D eigenvalue weighted by molar-refractivity contribution is 0.399. The van der Waals surface area contributed by atoms with E-state index in [4.69, 9.17) is 15.5 Å². The Balaban J connectivity index is 2.01. The van der Waals surface area contributed by atoms with Gasteiger partial charge in [-0.05, 0) is 18.2 Å². The Kier molecular flexibility index (Phi) is 3.85. The van der Waals surface area contributed by atoms with Crippen molar-refractivity contribution in [1.82, 2.24) is 9.97 Å². The summed E-state index contributed by atoms with van der Waals surface area (Å²) in [5.74, 6) is 0.976. The van der Waals surface area contributed by atoms with Gasteiger partial charge in [-0.1, -0.05) is 46.3 Å². The maximum absolute atomic E-state index is 5.80. The minimum atomic E-state index is 0.128. The van der Waals surface area contributed by atoms with Crippen LogP contribution in [0.1, 0.15) is 11.1 Å². The molecule has 4 rings (SSSR count). The second kappa shape index (κ2) is 6.18. The fraction of sp³-hybridized carbons (Fsp3) is 0.0556. The van der Waals surface area contributed by atoms with Crippen molar-refractivity contribution in [3.63, 3.8) is 0 Å². The second-order valence-corrected chi connectivity index (χ2v) is 6.34. The predicted molar refractivity (Wildman–Crippen MR) is 102 cm³/mol. The van der Waals surface area contributed by atoms with Crippen molar-refractivity contribution in [1.29, 1.82) is 0 Å². The van der Waals surface area contributed by atoms with Gasteiger partial charge in [-0.3, -0.25) is 0 Å². The third-order valence-electron chi connectivity index (χ3n) is 3.84. The van der Waals surface area contributed by atoms with Crippen molar-refractivity contribution in [3.05, 3.63) is 64.1 Å². The number of nitrogens with zero attached hydrogens (tertiary/aromatic N) is 3. The van der Waals surface area contributed by atoms with Gasteiger partial charge in [-0.15, -0.1) is 0 Å². The molecule has 0 bridgehead atoms. The number of halogens is 1. The van der Waals surface area contributed by atoms with E-state index in [1.165, 1.54) is 7.11 Å². The van der Waals surface area contributed by atoms with Gasteiger partial charge in [-0.2, -0.15) is 9.97 Å². The topological polar surface area (TPSA) is 85.4 Å². The molecule has 1 aromatic heterocycles. The van der Waals surface area contributed by atoms with Gasteiger partial charge in [-0.25, -0.2) is 4.99 Å². The molecule has 0 amide bonds. The number of para-hydroxylation sites is 1. The minimum Gasteiger partial charge on any atom is -0.479 e. The van der Waals surface area contributed by atoms with Crippen molar-refractivity contribution < 1.29 is 4.74 Å². The first-order valence-electron chi connectivity index (χ1n) is 7.58. The Morgan fingerprint density at radius 3 is 2.56 bits per heavy atom. The molecule has 0 radical (unpaired) electrons. The Hall–Kier alpha value is -2.93. The van der Waals surface area contributed by atoms with Gasteiger partial charge in [0.2, 0.25) is 11.8 Å². The number of nitrogens with one attached hydrogen (secondary N) is 1. The average Bonchev–Trinajstić information content (AvgIpc) is 2.78. The first-order chi connectivity index (χ1) is 12.2. The number of aliphatic imine (C=N–C) groups is 1. The van der Waals surface area contributed by atoms with Gasteiger partial charge >= 0.3 is 0 Å². The standard InChI is InChI=1S/C18H14BrN5O/c1-25-17-15-16(23-18(20)24-17)21-13-5-3-2-4-12(13)14(22-15)10-6-8-11(19)9-7-10/h2-9H,1H3,(H3,20,21,23,24). The van der Waals surface area contributed by atoms with Crippen LogP contribution in [0.5, 0.6) is 5.88 Å². The highest BCUT2D eigenvalue weighted by Gasteiger charge is 2.22. The van der Waals surface area contributed by atoms with Crippen LogP contribution in [0.3, 0.4) is 0 Å². The summed E-state index contributed by atoms with van der Waals surface area (Å²) in [4.78, 5) is 13.3. The molecule has 0 saturated carbocycles. The minimum absolute atomic E-state index is 0.128. The molecular weight excluding hydrogens is 382 g/mol. The van der Waals surface area contributed by atoms with Crippen molar-refractivity contribution in [2.45, 2.75) is 0 Å². The van der Waals surface area contributed by atoms with E-state index in [1.807, 2.05) is 48.5 Å². The summed E-state index contributed by atoms with van der Waals surface area (Å²) in [6, 6.07) is 15.9. The number of hydrogen-bond acceptors (Lipinski definition) is 6. The first-order valence-corrected chi connectivity index (χ1v) is 8.37. The summed E-state index contributed by atoms with van der Waals surface area (Å²) in [5, 5.41) is 3.29. The van der Waals surface area contributed by atoms with E-state index in [2.05, 4.69) is 31.2 Å². The molecule has 7 heteroatoms. The second-order valence-electron chi connectivity index (χ2n) is 5.43. The number of nitrogen functional groups attached to an aromatic ring is 1. The Morgan fingerprint density at radius 1 is 1.04 bits per heavy atom. The number of benzene rings is 2. The van der Waals surface area contributed by atoms with Crippen molar-refractivity contribution in [2.24, 2.45) is 4.99 Å². The molecule has 0 spiro atoms. The molecule has 0 unspecified atom stereocenters. The van der Waals surface area contributed by atoms with Crippen LogP contribution in [-0.4, -0.2) is 22.8 Å². The van der Waals surface area contributed by atoms with Gasteiger partial charge in [0.1, 0.15) is 0 Å². The summed E-state index contributed by atoms with van der Waals surface area (Å²) >= 11 is 3.47. The molecule has 124 valence electrons. The average molecular weight is 396 g/mol. The quantitative estimate of drug-likeness (QED) is 0.534. The van der Waals surface area contributed by atoms with Gasteiger partial charge in [0.05, 0.1) is 12.8 Å². The van der Waals surface area contributed by atoms with Gasteiger partial charge in [0.25, 0.3) is 0 Å². The van der Waals surface area contributed by atoms with E-state index in [-0.39, 0.29) is 5.95 Å². The van der Waals surface area contributed by atoms with E-state index in [0.29, 0.717) is 17.4 Å². The summed E-state index contributed by atoms with van der Waals surface area (Å²) in [6.45, 7) is 0. The summed E-state index contributed by atoms with van der Waals surface area (Å²) in [7, 11) is 1.54.